The minimum Gasteiger partial charge on any atom is -0.452 e. The quantitative estimate of drug-likeness (QED) is 0.586. The third-order valence-electron chi connectivity index (χ3n) is 3.51. The number of hydrogen-bond acceptors (Lipinski definition) is 5. The highest BCUT2D eigenvalue weighted by Crippen LogP contribution is 2.32. The van der Waals surface area contributed by atoms with Gasteiger partial charge in [0.1, 0.15) is 5.52 Å². The third-order valence-corrected chi connectivity index (χ3v) is 3.51. The van der Waals surface area contributed by atoms with Crippen LogP contribution < -0.4 is 10.5 Å². The summed E-state index contributed by atoms with van der Waals surface area (Å²) in [6.07, 6.45) is 8.28. The maximum atomic E-state index is 14.0. The largest absolute Gasteiger partial charge is 0.452 e. The van der Waals surface area contributed by atoms with Gasteiger partial charge in [0.15, 0.2) is 17.3 Å². The Hall–Kier alpha value is -3.48. The number of nitrogens with two attached hydrogens (primary N) is 1. The summed E-state index contributed by atoms with van der Waals surface area (Å²) in [5.74, 6) is 0.0143. The third kappa shape index (κ3) is 2.52. The van der Waals surface area contributed by atoms with E-state index in [1.165, 1.54) is 12.1 Å². The Morgan fingerprint density at radius 2 is 1.96 bits per heavy atom. The summed E-state index contributed by atoms with van der Waals surface area (Å²) in [5, 5.41) is 4.22. The van der Waals surface area contributed by atoms with E-state index in [0.717, 1.165) is 5.56 Å². The van der Waals surface area contributed by atoms with Gasteiger partial charge < -0.3 is 10.5 Å². The molecule has 0 bridgehead atoms. The molecule has 7 heteroatoms. The van der Waals surface area contributed by atoms with Crippen LogP contribution in [-0.4, -0.2) is 19.6 Å². The van der Waals surface area contributed by atoms with Crippen LogP contribution in [0.4, 0.5) is 10.1 Å². The molecule has 4 aromatic rings. The number of aromatic nitrogens is 4. The first-order valence-electron chi connectivity index (χ1n) is 7.17. The summed E-state index contributed by atoms with van der Waals surface area (Å²) in [7, 11) is 0. The van der Waals surface area contributed by atoms with E-state index < -0.39 is 5.82 Å². The Bertz CT molecular complexity index is 1020. The van der Waals surface area contributed by atoms with Crippen molar-refractivity contribution in [1.29, 1.82) is 0 Å². The van der Waals surface area contributed by atoms with Crippen molar-refractivity contribution in [3.63, 3.8) is 0 Å². The van der Waals surface area contributed by atoms with Crippen molar-refractivity contribution in [2.45, 2.75) is 0 Å². The molecular formula is C17H12FN5O. The standard InChI is InChI=1S/C17H12FN5O/c18-13-8-12(19)1-2-16(13)24-17-7-11(14-9-20-5-6-21-14)10-23-15(17)3-4-22-23/h1-10H,19H2. The maximum Gasteiger partial charge on any atom is 0.167 e. The zero-order valence-electron chi connectivity index (χ0n) is 12.4. The summed E-state index contributed by atoms with van der Waals surface area (Å²) in [6, 6.07) is 7.85. The summed E-state index contributed by atoms with van der Waals surface area (Å²) in [5.41, 5.74) is 8.03. The first-order valence-corrected chi connectivity index (χ1v) is 7.17. The lowest BCUT2D eigenvalue weighted by Gasteiger charge is -2.11. The van der Waals surface area contributed by atoms with Crippen molar-refractivity contribution in [3.05, 3.63) is 67.1 Å². The van der Waals surface area contributed by atoms with Gasteiger partial charge in [0.05, 0.1) is 18.1 Å². The van der Waals surface area contributed by atoms with E-state index in [9.17, 15) is 4.39 Å². The van der Waals surface area contributed by atoms with Gasteiger partial charge in [-0.1, -0.05) is 0 Å². The van der Waals surface area contributed by atoms with Crippen molar-refractivity contribution in [1.82, 2.24) is 19.6 Å². The molecule has 6 nitrogen and oxygen atoms in total. The monoisotopic (exact) mass is 321 g/mol. The van der Waals surface area contributed by atoms with Crippen LogP contribution in [0.5, 0.6) is 11.5 Å². The normalized spacial score (nSPS) is 10.9. The number of rotatable bonds is 3. The summed E-state index contributed by atoms with van der Waals surface area (Å²) < 4.78 is 21.4. The maximum absolute atomic E-state index is 14.0. The molecule has 0 fully saturated rings. The number of fused-ring (bicyclic) bond motifs is 1. The fourth-order valence-corrected chi connectivity index (χ4v) is 2.38. The molecule has 0 amide bonds. The highest BCUT2D eigenvalue weighted by molar-refractivity contribution is 5.69. The molecule has 2 N–H and O–H groups in total. The van der Waals surface area contributed by atoms with Crippen LogP contribution in [0.2, 0.25) is 0 Å². The molecule has 4 rings (SSSR count). The van der Waals surface area contributed by atoms with Gasteiger partial charge in [-0.05, 0) is 24.3 Å². The molecule has 24 heavy (non-hydrogen) atoms. The lowest BCUT2D eigenvalue weighted by atomic mass is 10.2. The molecular weight excluding hydrogens is 309 g/mol. The van der Waals surface area contributed by atoms with Gasteiger partial charge in [0, 0.05) is 35.9 Å². The lowest BCUT2D eigenvalue weighted by molar-refractivity contribution is 0.445. The first kappa shape index (κ1) is 14.1. The number of halogens is 1. The van der Waals surface area contributed by atoms with Gasteiger partial charge in [-0.2, -0.15) is 5.10 Å². The minimum atomic E-state index is -0.530. The Kier molecular flexibility index (Phi) is 3.31. The predicted molar refractivity (Wildman–Crippen MR) is 87.1 cm³/mol. The van der Waals surface area contributed by atoms with Crippen LogP contribution in [0, 0.1) is 5.82 Å². The molecule has 0 aliphatic carbocycles. The zero-order valence-corrected chi connectivity index (χ0v) is 12.4. The number of benzene rings is 1. The molecule has 1 aromatic carbocycles. The average molecular weight is 321 g/mol. The fraction of sp³-hybridized carbons (Fsp3) is 0. The lowest BCUT2D eigenvalue weighted by Crippen LogP contribution is -1.96. The van der Waals surface area contributed by atoms with Crippen LogP contribution in [0.1, 0.15) is 0 Å². The average Bonchev–Trinajstić information content (AvgIpc) is 3.07. The van der Waals surface area contributed by atoms with E-state index >= 15 is 0 Å². The second-order valence-electron chi connectivity index (χ2n) is 5.14. The Morgan fingerprint density at radius 1 is 1.04 bits per heavy atom. The molecule has 3 aromatic heterocycles. The second kappa shape index (κ2) is 5.62. The van der Waals surface area contributed by atoms with E-state index in [1.807, 2.05) is 6.20 Å². The van der Waals surface area contributed by atoms with Crippen LogP contribution in [0.25, 0.3) is 16.8 Å². The van der Waals surface area contributed by atoms with E-state index in [2.05, 4.69) is 15.1 Å². The van der Waals surface area contributed by atoms with Crippen LogP contribution in [0.15, 0.2) is 61.3 Å². The molecule has 0 spiro atoms. The van der Waals surface area contributed by atoms with E-state index in [-0.39, 0.29) is 5.75 Å². The van der Waals surface area contributed by atoms with E-state index in [0.29, 0.717) is 22.6 Å². The predicted octanol–water partition coefficient (Wildman–Crippen LogP) is 3.30. The highest BCUT2D eigenvalue weighted by atomic mass is 19.1. The van der Waals surface area contributed by atoms with Crippen molar-refractivity contribution < 1.29 is 9.13 Å². The number of nitrogen functional groups attached to an aromatic ring is 1. The Morgan fingerprint density at radius 3 is 2.75 bits per heavy atom. The van der Waals surface area contributed by atoms with Gasteiger partial charge in [0.2, 0.25) is 0 Å². The second-order valence-corrected chi connectivity index (χ2v) is 5.14. The molecule has 0 radical (unpaired) electrons. The van der Waals surface area contributed by atoms with E-state index in [4.69, 9.17) is 10.5 Å². The summed E-state index contributed by atoms with van der Waals surface area (Å²) >= 11 is 0. The number of hydrogen-bond donors (Lipinski definition) is 1. The van der Waals surface area contributed by atoms with Crippen molar-refractivity contribution >= 4 is 11.2 Å². The van der Waals surface area contributed by atoms with Crippen molar-refractivity contribution in [3.8, 4) is 22.8 Å². The molecule has 0 aliphatic rings. The molecule has 3 heterocycles. The zero-order chi connectivity index (χ0) is 16.5. The van der Waals surface area contributed by atoms with Gasteiger partial charge in [-0.15, -0.1) is 0 Å². The van der Waals surface area contributed by atoms with Crippen molar-refractivity contribution in [2.24, 2.45) is 0 Å². The summed E-state index contributed by atoms with van der Waals surface area (Å²) in [6.45, 7) is 0. The first-order chi connectivity index (χ1) is 11.7. The molecule has 0 aliphatic heterocycles. The SMILES string of the molecule is Nc1ccc(Oc2cc(-c3cnccn3)cn3nccc23)c(F)c1. The van der Waals surface area contributed by atoms with Crippen molar-refractivity contribution in [2.75, 3.05) is 5.73 Å². The van der Waals surface area contributed by atoms with Gasteiger partial charge in [-0.3, -0.25) is 9.97 Å². The minimum absolute atomic E-state index is 0.0867. The molecule has 118 valence electrons. The Balaban J connectivity index is 1.83. The smallest absolute Gasteiger partial charge is 0.167 e. The molecule has 0 atom stereocenters. The van der Waals surface area contributed by atoms with Gasteiger partial charge in [0.25, 0.3) is 0 Å². The number of ether oxygens (including phenoxy) is 1. The van der Waals surface area contributed by atoms with Crippen LogP contribution in [0.3, 0.4) is 0 Å². The highest BCUT2D eigenvalue weighted by Gasteiger charge is 2.12. The molecule has 0 saturated heterocycles. The van der Waals surface area contributed by atoms with Crippen LogP contribution in [-0.2, 0) is 0 Å². The van der Waals surface area contributed by atoms with Gasteiger partial charge in [-0.25, -0.2) is 8.91 Å². The fourth-order valence-electron chi connectivity index (χ4n) is 2.38. The number of nitrogens with zero attached hydrogens (tertiary/aromatic N) is 4. The number of pyridine rings is 1. The Labute approximate surface area is 136 Å². The summed E-state index contributed by atoms with van der Waals surface area (Å²) in [4.78, 5) is 8.33. The molecule has 0 saturated carbocycles. The number of anilines is 1. The van der Waals surface area contributed by atoms with Gasteiger partial charge >= 0.3 is 0 Å². The topological polar surface area (TPSA) is 78.3 Å². The van der Waals surface area contributed by atoms with E-state index in [1.54, 1.807) is 47.5 Å². The molecule has 0 unspecified atom stereocenters. The van der Waals surface area contributed by atoms with Crippen LogP contribution >= 0.6 is 0 Å².